The monoisotopic (exact) mass is 878 g/mol. The van der Waals surface area contributed by atoms with Crippen molar-refractivity contribution in [2.24, 2.45) is 35.2 Å². The number of nitrogens with zero attached hydrogens (tertiary/aromatic N) is 13. The fourth-order valence-electron chi connectivity index (χ4n) is 8.63. The van der Waals surface area contributed by atoms with Gasteiger partial charge in [0.25, 0.3) is 0 Å². The number of aromatic nitrogens is 10. The second-order valence-corrected chi connectivity index (χ2v) is 17.0. The number of halogens is 2. The van der Waals surface area contributed by atoms with Crippen LogP contribution in [0.4, 0.5) is 8.78 Å². The Labute approximate surface area is 368 Å². The van der Waals surface area contributed by atoms with Gasteiger partial charge in [-0.2, -0.15) is 25.5 Å². The number of Topliss-reactive ketones (excluding diaryl/α,β-unsaturated/α-hetero) is 2. The number of β-amino-alcohol motifs (C(OH)–C–C–N with tert-alkyl or cyclic N) is 1. The van der Waals surface area contributed by atoms with Crippen molar-refractivity contribution in [2.75, 3.05) is 86.6 Å². The largest absolute Gasteiger partial charge is 0.385 e. The third kappa shape index (κ3) is 11.8. The van der Waals surface area contributed by atoms with E-state index in [-0.39, 0.29) is 11.6 Å². The van der Waals surface area contributed by atoms with E-state index in [1.54, 1.807) is 62.3 Å². The lowest BCUT2D eigenvalue weighted by molar-refractivity contribution is 0.0936. The minimum Gasteiger partial charge on any atom is -0.385 e. The van der Waals surface area contributed by atoms with Gasteiger partial charge in [0, 0.05) is 85.6 Å². The number of aliphatic hydroxyl groups is 1. The first-order valence-corrected chi connectivity index (χ1v) is 21.7. The number of hydrogen-bond donors (Lipinski definition) is 3. The first-order valence-electron chi connectivity index (χ1n) is 21.7. The van der Waals surface area contributed by atoms with Crippen molar-refractivity contribution in [2.45, 2.75) is 50.6 Å². The van der Waals surface area contributed by atoms with Gasteiger partial charge in [-0.05, 0) is 83.0 Å². The summed E-state index contributed by atoms with van der Waals surface area (Å²) in [4.78, 5) is 29.5. The molecular weight excluding hydrogens is 813 g/mol. The molecule has 63 heavy (non-hydrogen) atoms. The van der Waals surface area contributed by atoms with Gasteiger partial charge >= 0.3 is 0 Å². The van der Waals surface area contributed by atoms with Crippen molar-refractivity contribution in [1.29, 1.82) is 0 Å². The lowest BCUT2D eigenvalue weighted by Crippen LogP contribution is -2.25. The second kappa shape index (κ2) is 21.6. The number of fused-ring (bicyclic) bond motifs is 5. The fourth-order valence-corrected chi connectivity index (χ4v) is 8.63. The molecule has 344 valence electrons. The van der Waals surface area contributed by atoms with E-state index in [1.807, 2.05) is 63.2 Å². The van der Waals surface area contributed by atoms with Gasteiger partial charge in [-0.15, -0.1) is 0 Å². The Hall–Kier alpha value is -4.99. The predicted octanol–water partition coefficient (Wildman–Crippen LogP) is 1.28. The van der Waals surface area contributed by atoms with Crippen LogP contribution >= 0.6 is 0 Å². The summed E-state index contributed by atoms with van der Waals surface area (Å²) in [6.07, 6.45) is 11.3. The molecule has 3 N–H and O–H groups in total. The molecule has 0 spiro atoms. The van der Waals surface area contributed by atoms with Gasteiger partial charge in [0.1, 0.15) is 17.5 Å². The number of aliphatic hydroxyl groups excluding tert-OH is 1. The van der Waals surface area contributed by atoms with Crippen LogP contribution in [-0.2, 0) is 67.3 Å². The average Bonchev–Trinajstić information content (AvgIpc) is 3.97. The van der Waals surface area contributed by atoms with Crippen molar-refractivity contribution in [3.63, 3.8) is 0 Å². The molecule has 0 amide bonds. The van der Waals surface area contributed by atoms with Crippen molar-refractivity contribution in [3.8, 4) is 0 Å². The van der Waals surface area contributed by atoms with Crippen molar-refractivity contribution >= 4 is 11.6 Å². The van der Waals surface area contributed by atoms with Crippen molar-refractivity contribution in [3.05, 3.63) is 87.3 Å². The molecule has 0 bridgehead atoms. The Morgan fingerprint density at radius 1 is 0.508 bits per heavy atom. The predicted molar refractivity (Wildman–Crippen MR) is 234 cm³/mol. The molecule has 0 aliphatic carbocycles. The van der Waals surface area contributed by atoms with Gasteiger partial charge < -0.3 is 20.6 Å². The number of aryl methyl sites for hydroxylation is 5. The van der Waals surface area contributed by atoms with Gasteiger partial charge in [0.2, 0.25) is 0 Å². The molecule has 5 aliphatic heterocycles. The Balaban J connectivity index is 0.000000131. The van der Waals surface area contributed by atoms with Crippen LogP contribution in [0.5, 0.6) is 0 Å². The number of likely N-dealkylation sites (N-methyl/N-ethyl adjacent to an activating group) is 3. The molecule has 10 rings (SSSR count). The van der Waals surface area contributed by atoms with E-state index in [0.29, 0.717) is 32.7 Å². The van der Waals surface area contributed by atoms with Crippen LogP contribution in [0.1, 0.15) is 84.3 Å². The number of nitrogens with one attached hydrogen (secondary N) is 2. The minimum absolute atomic E-state index is 0.176. The average molecular weight is 878 g/mol. The zero-order valence-electron chi connectivity index (χ0n) is 38.1. The Bertz CT molecular complexity index is 2170. The van der Waals surface area contributed by atoms with Crippen LogP contribution in [0.25, 0.3) is 0 Å². The molecular formula is C43H65F2N15O3. The zero-order chi connectivity index (χ0) is 45.4. The summed E-state index contributed by atoms with van der Waals surface area (Å²) >= 11 is 0. The summed E-state index contributed by atoms with van der Waals surface area (Å²) in [5.74, 6) is 0.352. The number of carbonyl (C=O) groups excluding carboxylic acids is 2. The van der Waals surface area contributed by atoms with Gasteiger partial charge in [0.05, 0.1) is 61.2 Å². The Morgan fingerprint density at radius 3 is 1.41 bits per heavy atom. The summed E-state index contributed by atoms with van der Waals surface area (Å²) < 4.78 is 35.5. The van der Waals surface area contributed by atoms with E-state index >= 15 is 0 Å². The van der Waals surface area contributed by atoms with Gasteiger partial charge in [-0.1, -0.05) is 0 Å². The number of alkyl halides is 2. The van der Waals surface area contributed by atoms with Crippen LogP contribution in [0.3, 0.4) is 0 Å². The molecule has 20 heteroatoms. The van der Waals surface area contributed by atoms with Gasteiger partial charge in [-0.25, -0.2) is 8.78 Å². The fraction of sp³-hybridized carbons (Fsp3) is 0.605. The SMILES string of the molecule is CN1CCc2cnn(C)c2C(=O)C1.CN1CCc2cnn(C)c2C(=O)C1.CN1CCc2cnn(C)c2C(F)C1.Cn1ncc2c1C(F)CNCC2.Cn1ncc2c1C(O)CNCC2. The summed E-state index contributed by atoms with van der Waals surface area (Å²) in [6.45, 7) is 7.09. The van der Waals surface area contributed by atoms with Crippen molar-refractivity contribution < 1.29 is 23.5 Å². The molecule has 10 heterocycles. The Morgan fingerprint density at radius 2 is 0.889 bits per heavy atom. The summed E-state index contributed by atoms with van der Waals surface area (Å²) in [5, 5.41) is 36.3. The lowest BCUT2D eigenvalue weighted by atomic mass is 10.1. The van der Waals surface area contributed by atoms with E-state index in [2.05, 4.69) is 36.1 Å². The number of carbonyl (C=O) groups is 2. The summed E-state index contributed by atoms with van der Waals surface area (Å²) in [6, 6.07) is 0. The summed E-state index contributed by atoms with van der Waals surface area (Å²) in [7, 11) is 15.0. The number of rotatable bonds is 0. The molecule has 0 saturated heterocycles. The van der Waals surface area contributed by atoms with E-state index < -0.39 is 18.4 Å². The molecule has 3 atom stereocenters. The third-order valence-electron chi connectivity index (χ3n) is 12.1. The molecule has 18 nitrogen and oxygen atoms in total. The maximum atomic E-state index is 13.7. The summed E-state index contributed by atoms with van der Waals surface area (Å²) in [5.41, 5.74) is 9.43. The van der Waals surface area contributed by atoms with Gasteiger partial charge in [-0.3, -0.25) is 42.8 Å². The standard InChI is InChI=1S/C9H14FN3.2C9H13N3O.C8H12FN3.C8H13N3O/c1-12-4-3-7-5-11-13(2)9(7)8(10)6-12;2*1-11-4-3-7-5-10-12(2)9(7)8(13)6-11;1-12-8-6(4-11-12)2-3-10-5-7(8)9;1-11-8-6(4-10-11)2-3-9-5-7(8)12/h5,8H,3-4,6H2,1-2H3;2*5H,3-4,6H2,1-2H3;4,7,10H,2-3,5H2,1H3;4,7,9,12H,2-3,5H2,1H3. The zero-order valence-corrected chi connectivity index (χ0v) is 38.1. The maximum Gasteiger partial charge on any atom is 0.195 e. The normalized spacial score (nSPS) is 21.5. The third-order valence-corrected chi connectivity index (χ3v) is 12.1. The van der Waals surface area contributed by atoms with E-state index in [0.717, 1.165) is 121 Å². The van der Waals surface area contributed by atoms with Crippen LogP contribution in [0.2, 0.25) is 0 Å². The van der Waals surface area contributed by atoms with Crippen molar-refractivity contribution in [1.82, 2.24) is 74.2 Å². The van der Waals surface area contributed by atoms with Crippen LogP contribution < -0.4 is 10.6 Å². The van der Waals surface area contributed by atoms with Gasteiger partial charge in [0.15, 0.2) is 23.9 Å². The number of ketones is 2. The molecule has 5 aromatic rings. The highest BCUT2D eigenvalue weighted by atomic mass is 19.1. The molecule has 0 fully saturated rings. The quantitative estimate of drug-likeness (QED) is 0.203. The first kappa shape index (κ1) is 47.5. The molecule has 0 aromatic carbocycles. The highest BCUT2D eigenvalue weighted by Crippen LogP contribution is 2.26. The van der Waals surface area contributed by atoms with E-state index in [9.17, 15) is 23.5 Å². The van der Waals surface area contributed by atoms with Crippen LogP contribution in [-0.4, -0.2) is 167 Å². The minimum atomic E-state index is -0.907. The molecule has 5 aliphatic rings. The molecule has 0 saturated carbocycles. The second-order valence-electron chi connectivity index (χ2n) is 17.0. The first-order chi connectivity index (χ1) is 30.1. The van der Waals surface area contributed by atoms with E-state index in [1.165, 1.54) is 0 Å². The van der Waals surface area contributed by atoms with Crippen LogP contribution in [0, 0.1) is 0 Å². The number of hydrogen-bond acceptors (Lipinski definition) is 13. The highest BCUT2D eigenvalue weighted by Gasteiger charge is 2.26. The highest BCUT2D eigenvalue weighted by molar-refractivity contribution is 5.98. The smallest absolute Gasteiger partial charge is 0.195 e. The molecule has 3 unspecified atom stereocenters. The lowest BCUT2D eigenvalue weighted by Gasteiger charge is -2.14. The molecule has 5 aromatic heterocycles. The van der Waals surface area contributed by atoms with Crippen LogP contribution in [0.15, 0.2) is 31.0 Å². The molecule has 0 radical (unpaired) electrons. The maximum absolute atomic E-state index is 13.7. The Kier molecular flexibility index (Phi) is 16.3. The topological polar surface area (TPSA) is 177 Å². The van der Waals surface area contributed by atoms with E-state index in [4.69, 9.17) is 0 Å².